The number of halogens is 1. The lowest BCUT2D eigenvalue weighted by Gasteiger charge is -2.18. The molecule has 4 heteroatoms. The highest BCUT2D eigenvalue weighted by Gasteiger charge is 2.12. The van der Waals surface area contributed by atoms with Crippen molar-refractivity contribution in [3.63, 3.8) is 0 Å². The minimum atomic E-state index is 0.226. The van der Waals surface area contributed by atoms with Crippen LogP contribution >= 0.6 is 22.9 Å². The first-order valence-corrected chi connectivity index (χ1v) is 7.38. The Morgan fingerprint density at radius 1 is 1.21 bits per heavy atom. The number of ether oxygens (including phenoxy) is 1. The number of thiophene rings is 1. The third-order valence-corrected chi connectivity index (χ3v) is 4.61. The molecule has 0 aliphatic heterocycles. The van der Waals surface area contributed by atoms with Gasteiger partial charge in [-0.3, -0.25) is 0 Å². The Morgan fingerprint density at radius 2 is 1.95 bits per heavy atom. The molecule has 0 aliphatic rings. The lowest BCUT2D eigenvalue weighted by Crippen LogP contribution is -2.07. The molecular weight excluding hydrogens is 278 g/mol. The molecular formula is C15H18ClNOS. The molecule has 0 spiro atoms. The molecule has 1 atom stereocenters. The Bertz CT molecular complexity index is 580. The van der Waals surface area contributed by atoms with Crippen LogP contribution in [0.25, 0.3) is 0 Å². The van der Waals surface area contributed by atoms with Crippen molar-refractivity contribution < 1.29 is 4.74 Å². The lowest BCUT2D eigenvalue weighted by atomic mass is 10.1. The highest BCUT2D eigenvalue weighted by molar-refractivity contribution is 7.16. The van der Waals surface area contributed by atoms with Crippen molar-refractivity contribution in [1.29, 1.82) is 0 Å². The van der Waals surface area contributed by atoms with E-state index in [0.717, 1.165) is 26.9 Å². The Hall–Kier alpha value is -1.19. The summed E-state index contributed by atoms with van der Waals surface area (Å²) in [6, 6.07) is 8.39. The number of hydrogen-bond acceptors (Lipinski definition) is 3. The van der Waals surface area contributed by atoms with E-state index in [1.165, 1.54) is 4.88 Å². The van der Waals surface area contributed by atoms with E-state index in [9.17, 15) is 0 Å². The molecule has 19 heavy (non-hydrogen) atoms. The van der Waals surface area contributed by atoms with Gasteiger partial charge in [0.1, 0.15) is 5.75 Å². The molecule has 2 nitrogen and oxygen atoms in total. The summed E-state index contributed by atoms with van der Waals surface area (Å²) in [5.74, 6) is 0.946. The molecule has 0 saturated carbocycles. The fraction of sp³-hybridized carbons (Fsp3) is 0.333. The van der Waals surface area contributed by atoms with Gasteiger partial charge >= 0.3 is 0 Å². The number of benzene rings is 1. The molecule has 0 amide bonds. The van der Waals surface area contributed by atoms with Crippen LogP contribution in [0.3, 0.4) is 0 Å². The number of hydrogen-bond donors (Lipinski definition) is 1. The summed E-state index contributed by atoms with van der Waals surface area (Å²) < 4.78 is 6.27. The van der Waals surface area contributed by atoms with Gasteiger partial charge in [-0.25, -0.2) is 0 Å². The Labute approximate surface area is 123 Å². The summed E-state index contributed by atoms with van der Waals surface area (Å²) in [7, 11) is 1.71. The van der Waals surface area contributed by atoms with Crippen LogP contribution in [0.4, 0.5) is 5.69 Å². The van der Waals surface area contributed by atoms with Crippen LogP contribution in [-0.2, 0) is 0 Å². The predicted molar refractivity (Wildman–Crippen MR) is 83.8 cm³/mol. The van der Waals surface area contributed by atoms with Gasteiger partial charge in [-0.05, 0) is 44.5 Å². The minimum absolute atomic E-state index is 0.226. The highest BCUT2D eigenvalue weighted by atomic mass is 35.5. The van der Waals surface area contributed by atoms with Crippen molar-refractivity contribution in [2.75, 3.05) is 12.4 Å². The van der Waals surface area contributed by atoms with E-state index in [1.54, 1.807) is 18.4 Å². The van der Waals surface area contributed by atoms with E-state index in [-0.39, 0.29) is 6.04 Å². The molecule has 0 saturated heterocycles. The summed E-state index contributed by atoms with van der Waals surface area (Å²) in [4.78, 5) is 1.23. The first-order chi connectivity index (χ1) is 9.02. The molecule has 1 aromatic carbocycles. The van der Waals surface area contributed by atoms with E-state index in [4.69, 9.17) is 16.3 Å². The molecule has 102 valence electrons. The fourth-order valence-electron chi connectivity index (χ4n) is 2.16. The normalized spacial score (nSPS) is 12.3. The number of rotatable bonds is 4. The first-order valence-electron chi connectivity index (χ1n) is 6.19. The summed E-state index contributed by atoms with van der Waals surface area (Å²) in [6.07, 6.45) is 0. The monoisotopic (exact) mass is 295 g/mol. The molecule has 0 bridgehead atoms. The third-order valence-electron chi connectivity index (χ3n) is 3.20. The zero-order valence-electron chi connectivity index (χ0n) is 11.6. The molecule has 1 aromatic heterocycles. The van der Waals surface area contributed by atoms with Crippen LogP contribution in [0.2, 0.25) is 4.34 Å². The van der Waals surface area contributed by atoms with Crippen LogP contribution in [0.5, 0.6) is 5.75 Å². The van der Waals surface area contributed by atoms with Crippen LogP contribution in [0.15, 0.2) is 24.3 Å². The zero-order valence-corrected chi connectivity index (χ0v) is 13.2. The standard InChI is InChI=1S/C15H18ClNOS/c1-9-5-6-12(10(2)15(9)18-4)17-11(3)13-7-8-14(16)19-13/h5-8,11,17H,1-4H3. The fourth-order valence-corrected chi connectivity index (χ4v) is 3.23. The predicted octanol–water partition coefficient (Wildman–Crippen LogP) is 5.20. The molecule has 2 rings (SSSR count). The van der Waals surface area contributed by atoms with Crippen LogP contribution < -0.4 is 10.1 Å². The second kappa shape index (κ2) is 5.85. The topological polar surface area (TPSA) is 21.3 Å². The Balaban J connectivity index is 2.24. The van der Waals surface area contributed by atoms with Gasteiger partial charge in [-0.1, -0.05) is 17.7 Å². The van der Waals surface area contributed by atoms with E-state index in [2.05, 4.69) is 44.3 Å². The van der Waals surface area contributed by atoms with Crippen molar-refractivity contribution in [2.45, 2.75) is 26.8 Å². The van der Waals surface area contributed by atoms with Crippen molar-refractivity contribution in [3.05, 3.63) is 44.6 Å². The van der Waals surface area contributed by atoms with Gasteiger partial charge in [-0.2, -0.15) is 0 Å². The molecule has 0 aliphatic carbocycles. The number of anilines is 1. The van der Waals surface area contributed by atoms with Gasteiger partial charge in [0.15, 0.2) is 0 Å². The maximum atomic E-state index is 5.98. The van der Waals surface area contributed by atoms with Crippen LogP contribution in [-0.4, -0.2) is 7.11 Å². The van der Waals surface area contributed by atoms with Gasteiger partial charge in [0.25, 0.3) is 0 Å². The van der Waals surface area contributed by atoms with Gasteiger partial charge in [0, 0.05) is 16.1 Å². The van der Waals surface area contributed by atoms with Gasteiger partial charge in [0.05, 0.1) is 17.5 Å². The minimum Gasteiger partial charge on any atom is -0.496 e. The average molecular weight is 296 g/mol. The van der Waals surface area contributed by atoms with E-state index in [1.807, 2.05) is 6.07 Å². The summed E-state index contributed by atoms with van der Waals surface area (Å²) in [5.41, 5.74) is 3.38. The van der Waals surface area contributed by atoms with Crippen molar-refractivity contribution in [1.82, 2.24) is 0 Å². The van der Waals surface area contributed by atoms with Crippen LogP contribution in [0, 0.1) is 13.8 Å². The SMILES string of the molecule is COc1c(C)ccc(NC(C)c2ccc(Cl)s2)c1C. The van der Waals surface area contributed by atoms with E-state index >= 15 is 0 Å². The molecule has 0 fully saturated rings. The number of aryl methyl sites for hydroxylation is 1. The lowest BCUT2D eigenvalue weighted by molar-refractivity contribution is 0.409. The smallest absolute Gasteiger partial charge is 0.126 e. The highest BCUT2D eigenvalue weighted by Crippen LogP contribution is 2.33. The average Bonchev–Trinajstić information content (AvgIpc) is 2.80. The first kappa shape index (κ1) is 14.2. The van der Waals surface area contributed by atoms with Crippen molar-refractivity contribution >= 4 is 28.6 Å². The Kier molecular flexibility index (Phi) is 4.38. The summed E-state index contributed by atoms with van der Waals surface area (Å²) >= 11 is 7.58. The maximum absolute atomic E-state index is 5.98. The maximum Gasteiger partial charge on any atom is 0.126 e. The second-order valence-corrected chi connectivity index (χ2v) is 6.34. The summed E-state index contributed by atoms with van der Waals surface area (Å²) in [6.45, 7) is 6.26. The third kappa shape index (κ3) is 3.04. The molecule has 1 N–H and O–H groups in total. The second-order valence-electron chi connectivity index (χ2n) is 4.60. The van der Waals surface area contributed by atoms with E-state index in [0.29, 0.717) is 0 Å². The Morgan fingerprint density at radius 3 is 2.53 bits per heavy atom. The van der Waals surface area contributed by atoms with Gasteiger partial charge in [0.2, 0.25) is 0 Å². The van der Waals surface area contributed by atoms with Crippen LogP contribution in [0.1, 0.15) is 29.0 Å². The molecule has 2 aromatic rings. The van der Waals surface area contributed by atoms with Crippen molar-refractivity contribution in [2.24, 2.45) is 0 Å². The quantitative estimate of drug-likeness (QED) is 0.837. The number of methoxy groups -OCH3 is 1. The van der Waals surface area contributed by atoms with E-state index < -0.39 is 0 Å². The molecule has 1 unspecified atom stereocenters. The molecule has 1 heterocycles. The largest absolute Gasteiger partial charge is 0.496 e. The van der Waals surface area contributed by atoms with Crippen molar-refractivity contribution in [3.8, 4) is 5.75 Å². The zero-order chi connectivity index (χ0) is 14.0. The van der Waals surface area contributed by atoms with Gasteiger partial charge in [-0.15, -0.1) is 11.3 Å². The summed E-state index contributed by atoms with van der Waals surface area (Å²) in [5, 5.41) is 3.51. The number of nitrogens with one attached hydrogen (secondary N) is 1. The molecule has 0 radical (unpaired) electrons. The van der Waals surface area contributed by atoms with Gasteiger partial charge < -0.3 is 10.1 Å².